The Morgan fingerprint density at radius 3 is 0.736 bits per heavy atom. The van der Waals surface area contributed by atoms with Gasteiger partial charge < -0.3 is 37.9 Å². The molecule has 0 saturated heterocycles. The molecule has 0 fully saturated rings. The summed E-state index contributed by atoms with van der Waals surface area (Å²) in [5.41, 5.74) is 19.1. The molecule has 0 aliphatic heterocycles. The highest BCUT2D eigenvalue weighted by Gasteiger charge is 2.32. The summed E-state index contributed by atoms with van der Waals surface area (Å²) in [7, 11) is 0. The lowest BCUT2D eigenvalue weighted by atomic mass is 9.86. The summed E-state index contributed by atoms with van der Waals surface area (Å²) in [5.74, 6) is -0.335. The molecule has 670 valence electrons. The summed E-state index contributed by atoms with van der Waals surface area (Å²) in [6.45, 7) is 66.8. The zero-order valence-electron chi connectivity index (χ0n) is 80.3. The predicted octanol–water partition coefficient (Wildman–Crippen LogP) is 22.3. The summed E-state index contributed by atoms with van der Waals surface area (Å²) in [6.07, 6.45) is -2.15. The van der Waals surface area contributed by atoms with Crippen LogP contribution in [0, 0.1) is 107 Å². The largest absolute Gasteiger partial charge is 0.451 e. The second kappa shape index (κ2) is 45.4. The Labute approximate surface area is 742 Å². The number of ether oxygens (including phenoxy) is 8. The molecule has 0 amide bonds. The first-order valence-electron chi connectivity index (χ1n) is 43.1. The van der Waals surface area contributed by atoms with Crippen LogP contribution in [0.3, 0.4) is 0 Å². The van der Waals surface area contributed by atoms with E-state index in [1.165, 1.54) is 29.2 Å². The minimum absolute atomic E-state index is 0.00245. The van der Waals surface area contributed by atoms with Gasteiger partial charge in [0.05, 0.1) is 28.7 Å². The zero-order valence-corrected chi connectivity index (χ0v) is 80.3. The standard InChI is InChI=1S/2C26H35N3O3.C25H33N3O3.C24H31N3O3/c1-10-29-23(17(4)18(5)28-29)24(31-19(6)32-25(30)16(2)3)22(15-27)20-11-13-21(14-12-20)26(7,8)9;1-9-11-23(30)31-19(5)32-25(24-17(3)18(4)28-29(24)10-2)22(16-27)20-12-14-21(15-13-20)26(6,7)8;1-9-22(29)30-18(5)31-24(23-16(3)17(4)27-28(23)10-2)21(15-26)19-11-13-20(14-12-19)25(6,7)8;1-9-27-22(15(2)16(3)26-27)23(30-18(5)29-17(4)28)21(14-25)19-10-12-20(13-11-19)24(6,7)8/h11-14,16,19H,10H2,1-9H3;12-15,19H,9-11H2,1-8H3;11-14,18H,9-10H2,1-8H3;10-13,18H,9H2,1-8H3/b24-22-;25-22-;24-21-;23-21-. The second-order valence-corrected chi connectivity index (χ2v) is 35.1. The van der Waals surface area contributed by atoms with Gasteiger partial charge in [-0.3, -0.25) is 37.9 Å². The third-order valence-electron chi connectivity index (χ3n) is 20.8. The number of rotatable bonds is 28. The molecule has 4 unspecified atom stereocenters. The Hall–Kier alpha value is -12.3. The van der Waals surface area contributed by atoms with Crippen LogP contribution < -0.4 is 0 Å². The van der Waals surface area contributed by atoms with Crippen LogP contribution in [0.15, 0.2) is 97.1 Å². The minimum Gasteiger partial charge on any atom is -0.451 e. The van der Waals surface area contributed by atoms with Crippen molar-refractivity contribution in [2.24, 2.45) is 5.92 Å². The number of hydrogen-bond donors (Lipinski definition) is 0. The summed E-state index contributed by atoms with van der Waals surface area (Å²) >= 11 is 0. The highest BCUT2D eigenvalue weighted by molar-refractivity contribution is 5.98. The number of benzene rings is 4. The van der Waals surface area contributed by atoms with Gasteiger partial charge in [-0.15, -0.1) is 0 Å². The molecule has 0 spiro atoms. The molecular formula is C101H134N12O12. The number of esters is 4. The van der Waals surface area contributed by atoms with Crippen molar-refractivity contribution in [3.05, 3.63) is 209 Å². The van der Waals surface area contributed by atoms with Gasteiger partial charge in [-0.05, 0) is 156 Å². The van der Waals surface area contributed by atoms with Crippen LogP contribution in [0.4, 0.5) is 0 Å². The van der Waals surface area contributed by atoms with Crippen molar-refractivity contribution in [3.63, 3.8) is 0 Å². The Bertz CT molecular complexity index is 5370. The fourth-order valence-corrected chi connectivity index (χ4v) is 13.2. The molecule has 0 saturated carbocycles. The second-order valence-electron chi connectivity index (χ2n) is 35.1. The van der Waals surface area contributed by atoms with Crippen molar-refractivity contribution < 1.29 is 57.1 Å². The molecular weight excluding hydrogens is 1570 g/mol. The molecule has 0 aliphatic carbocycles. The lowest BCUT2D eigenvalue weighted by Gasteiger charge is -2.22. The maximum atomic E-state index is 12.1. The Balaban J connectivity index is 0.000000296. The van der Waals surface area contributed by atoms with Gasteiger partial charge in [0.1, 0.15) is 69.3 Å². The number of carbonyl (C=O) groups excluding carboxylic acids is 4. The topological polar surface area (TPSA) is 309 Å². The summed E-state index contributed by atoms with van der Waals surface area (Å²) < 4.78 is 53.1. The molecule has 125 heavy (non-hydrogen) atoms. The van der Waals surface area contributed by atoms with Gasteiger partial charge in [-0.1, -0.05) is 208 Å². The average molecular weight is 1710 g/mol. The maximum absolute atomic E-state index is 12.1. The van der Waals surface area contributed by atoms with Gasteiger partial charge in [0, 0.05) is 95.9 Å². The van der Waals surface area contributed by atoms with Crippen molar-refractivity contribution in [2.75, 3.05) is 0 Å². The number of nitriles is 4. The van der Waals surface area contributed by atoms with E-state index in [0.717, 1.165) is 78.7 Å². The van der Waals surface area contributed by atoms with Crippen LogP contribution in [-0.4, -0.2) is 88.2 Å². The fourth-order valence-electron chi connectivity index (χ4n) is 13.2. The molecule has 0 aliphatic rings. The van der Waals surface area contributed by atoms with Crippen molar-refractivity contribution in [1.29, 1.82) is 21.0 Å². The van der Waals surface area contributed by atoms with Gasteiger partial charge in [0.25, 0.3) is 0 Å². The molecule has 4 aromatic carbocycles. The van der Waals surface area contributed by atoms with Crippen LogP contribution >= 0.6 is 0 Å². The molecule has 24 heteroatoms. The summed E-state index contributed by atoms with van der Waals surface area (Å²) in [6, 6.07) is 40.9. The van der Waals surface area contributed by atoms with Crippen molar-refractivity contribution >= 4 is 69.2 Å². The lowest BCUT2D eigenvalue weighted by molar-refractivity contribution is -0.168. The van der Waals surface area contributed by atoms with Crippen LogP contribution in [-0.2, 0) is 105 Å². The molecule has 4 heterocycles. The Morgan fingerprint density at radius 1 is 0.336 bits per heavy atom. The van der Waals surface area contributed by atoms with E-state index in [1.54, 1.807) is 53.1 Å². The van der Waals surface area contributed by atoms with E-state index < -0.39 is 31.1 Å². The first kappa shape index (κ1) is 103. The van der Waals surface area contributed by atoms with Crippen molar-refractivity contribution in [2.45, 2.75) is 321 Å². The number of aromatic nitrogens is 8. The number of aryl methyl sites for hydroxylation is 8. The average Bonchev–Trinajstić information content (AvgIpc) is 1.70. The third-order valence-corrected chi connectivity index (χ3v) is 20.8. The lowest BCUT2D eigenvalue weighted by Crippen LogP contribution is -2.22. The van der Waals surface area contributed by atoms with E-state index in [2.05, 4.69) is 128 Å². The van der Waals surface area contributed by atoms with E-state index in [0.29, 0.717) is 95.7 Å². The SMILES string of the molecule is CCC(=O)OC(C)O/C(=C(/C#N)c1ccc(C(C)(C)C)cc1)c1c(C)c(C)nn1CC.CCCC(=O)OC(C)O/C(=C(/C#N)c1ccc(C(C)(C)C)cc1)c1c(C)c(C)nn1CC.CCn1nc(C)c(C)c1/C(OC(C)OC(=O)C(C)C)=C(\C#N)c1ccc(C(C)(C)C)cc1.CCn1nc(C)c(C)c1/C(OC(C)OC(C)=O)=C(\C#N)c1ccc(C(C)(C)C)cc1. The normalized spacial score (nSPS) is 13.3. The van der Waals surface area contributed by atoms with Crippen LogP contribution in [0.1, 0.15) is 305 Å². The summed E-state index contributed by atoms with van der Waals surface area (Å²) in [5, 5.41) is 58.8. The fraction of sp³-hybridized carbons (Fsp3) is 0.485. The highest BCUT2D eigenvalue weighted by atomic mass is 16.7. The van der Waals surface area contributed by atoms with Crippen molar-refractivity contribution in [1.82, 2.24) is 39.1 Å². The number of carbonyl (C=O) groups is 4. The van der Waals surface area contributed by atoms with Gasteiger partial charge in [0.15, 0.2) is 23.0 Å². The van der Waals surface area contributed by atoms with E-state index in [-0.39, 0.29) is 51.9 Å². The number of nitrogens with zero attached hydrogens (tertiary/aromatic N) is 12. The maximum Gasteiger partial charge on any atom is 0.311 e. The smallest absolute Gasteiger partial charge is 0.311 e. The third kappa shape index (κ3) is 27.6. The molecule has 8 rings (SSSR count). The molecule has 4 atom stereocenters. The molecule has 4 aromatic heterocycles. The van der Waals surface area contributed by atoms with Crippen LogP contribution in [0.5, 0.6) is 0 Å². The number of hydrogen-bond acceptors (Lipinski definition) is 20. The first-order valence-corrected chi connectivity index (χ1v) is 43.1. The van der Waals surface area contributed by atoms with E-state index >= 15 is 0 Å². The van der Waals surface area contributed by atoms with Crippen molar-refractivity contribution in [3.8, 4) is 24.3 Å². The molecule has 0 radical (unpaired) electrons. The molecule has 24 nitrogen and oxygen atoms in total. The molecule has 0 N–H and O–H groups in total. The molecule has 0 bridgehead atoms. The zero-order chi connectivity index (χ0) is 94.2. The summed E-state index contributed by atoms with van der Waals surface area (Å²) in [4.78, 5) is 47.3. The minimum atomic E-state index is -0.864. The van der Waals surface area contributed by atoms with Gasteiger partial charge in [0.2, 0.25) is 25.2 Å². The van der Waals surface area contributed by atoms with E-state index in [1.807, 2.05) is 201 Å². The molecule has 8 aromatic rings. The number of allylic oxidation sites excluding steroid dienone is 4. The van der Waals surface area contributed by atoms with Crippen LogP contribution in [0.25, 0.3) is 45.3 Å². The van der Waals surface area contributed by atoms with Crippen LogP contribution in [0.2, 0.25) is 0 Å². The highest BCUT2D eigenvalue weighted by Crippen LogP contribution is 2.39. The quantitative estimate of drug-likeness (QED) is 0.0145. The van der Waals surface area contributed by atoms with E-state index in [9.17, 15) is 40.2 Å². The monoisotopic (exact) mass is 1710 g/mol. The van der Waals surface area contributed by atoms with E-state index in [4.69, 9.17) is 37.9 Å². The Morgan fingerprint density at radius 2 is 0.552 bits per heavy atom. The van der Waals surface area contributed by atoms with Gasteiger partial charge in [-0.25, -0.2) is 0 Å². The van der Waals surface area contributed by atoms with Gasteiger partial charge >= 0.3 is 23.9 Å². The van der Waals surface area contributed by atoms with Gasteiger partial charge in [-0.2, -0.15) is 41.4 Å². The first-order chi connectivity index (χ1) is 58.4. The predicted molar refractivity (Wildman–Crippen MR) is 492 cm³/mol. The Kier molecular flexibility index (Phi) is 37.5.